The van der Waals surface area contributed by atoms with E-state index >= 15 is 0 Å². The molecule has 0 aliphatic heterocycles. The summed E-state index contributed by atoms with van der Waals surface area (Å²) in [7, 11) is 0. The zero-order valence-electron chi connectivity index (χ0n) is 15.5. The Morgan fingerprint density at radius 1 is 1.04 bits per heavy atom. The second-order valence-electron chi connectivity index (χ2n) is 6.10. The van der Waals surface area contributed by atoms with Gasteiger partial charge < -0.3 is 14.6 Å². The van der Waals surface area contributed by atoms with Crippen molar-refractivity contribution in [3.05, 3.63) is 78.1 Å². The Morgan fingerprint density at radius 3 is 2.30 bits per heavy atom. The molecule has 0 atom stereocenters. The number of aromatic carboxylic acids is 1. The minimum absolute atomic E-state index is 0.273. The van der Waals surface area contributed by atoms with E-state index in [0.717, 1.165) is 30.2 Å². The molecule has 1 aromatic heterocycles. The molecule has 3 rings (SSSR count). The molecule has 0 amide bonds. The van der Waals surface area contributed by atoms with E-state index in [2.05, 4.69) is 35.9 Å². The van der Waals surface area contributed by atoms with Crippen molar-refractivity contribution in [2.75, 3.05) is 18.0 Å². The van der Waals surface area contributed by atoms with E-state index in [1.165, 1.54) is 5.69 Å². The minimum atomic E-state index is -0.927. The lowest BCUT2D eigenvalue weighted by molar-refractivity contribution is 0.0697. The number of aromatic nitrogens is 1. The first kappa shape index (κ1) is 18.5. The molecule has 2 aromatic carbocycles. The number of aliphatic imine (C=N–C) groups is 1. The molecule has 3 aromatic rings. The van der Waals surface area contributed by atoms with E-state index in [1.54, 1.807) is 24.3 Å². The molecule has 0 unspecified atom stereocenters. The number of rotatable bonds is 7. The first-order valence-corrected chi connectivity index (χ1v) is 9.02. The van der Waals surface area contributed by atoms with Crippen molar-refractivity contribution in [2.45, 2.75) is 13.8 Å². The van der Waals surface area contributed by atoms with Gasteiger partial charge in [-0.2, -0.15) is 0 Å². The normalized spacial score (nSPS) is 11.0. The fourth-order valence-electron chi connectivity index (χ4n) is 2.98. The van der Waals surface area contributed by atoms with Crippen molar-refractivity contribution in [1.29, 1.82) is 0 Å². The standard InChI is InChI=1S/C22H23N3O2/c1-3-24(4-2)19-13-9-18(10-14-19)23-16-21-6-5-15-25(21)20-11-7-17(8-12-20)22(26)27/h5-16H,3-4H2,1-2H3,(H,26,27). The van der Waals surface area contributed by atoms with E-state index in [4.69, 9.17) is 5.11 Å². The van der Waals surface area contributed by atoms with Crippen molar-refractivity contribution in [2.24, 2.45) is 4.99 Å². The average Bonchev–Trinajstić information content (AvgIpc) is 3.17. The lowest BCUT2D eigenvalue weighted by atomic mass is 10.2. The number of benzene rings is 2. The Bertz CT molecular complexity index is 921. The minimum Gasteiger partial charge on any atom is -0.478 e. The second kappa shape index (κ2) is 8.36. The molecule has 0 spiro atoms. The van der Waals surface area contributed by atoms with Crippen LogP contribution in [0.3, 0.4) is 0 Å². The van der Waals surface area contributed by atoms with Crippen LogP contribution in [-0.4, -0.2) is 34.9 Å². The van der Waals surface area contributed by atoms with Crippen LogP contribution >= 0.6 is 0 Å². The summed E-state index contributed by atoms with van der Waals surface area (Å²) in [6.45, 7) is 6.25. The summed E-state index contributed by atoms with van der Waals surface area (Å²) in [5.41, 5.74) is 4.17. The zero-order valence-corrected chi connectivity index (χ0v) is 15.5. The van der Waals surface area contributed by atoms with Gasteiger partial charge in [0.15, 0.2) is 0 Å². The van der Waals surface area contributed by atoms with Gasteiger partial charge in [0.2, 0.25) is 0 Å². The van der Waals surface area contributed by atoms with E-state index in [0.29, 0.717) is 0 Å². The number of hydrogen-bond donors (Lipinski definition) is 1. The Balaban J connectivity index is 1.79. The van der Waals surface area contributed by atoms with Crippen LogP contribution in [0.2, 0.25) is 0 Å². The first-order valence-electron chi connectivity index (χ1n) is 9.02. The maximum absolute atomic E-state index is 11.0. The number of carboxylic acids is 1. The Hall–Kier alpha value is -3.34. The largest absolute Gasteiger partial charge is 0.478 e. The van der Waals surface area contributed by atoms with Crippen molar-refractivity contribution in [1.82, 2.24) is 4.57 Å². The van der Waals surface area contributed by atoms with Crippen molar-refractivity contribution in [3.63, 3.8) is 0 Å². The fraction of sp³-hybridized carbons (Fsp3) is 0.182. The van der Waals surface area contributed by atoms with Crippen molar-refractivity contribution in [3.8, 4) is 5.69 Å². The number of carboxylic acid groups (broad SMARTS) is 1. The monoisotopic (exact) mass is 361 g/mol. The second-order valence-corrected chi connectivity index (χ2v) is 6.10. The van der Waals surface area contributed by atoms with Crippen molar-refractivity contribution < 1.29 is 9.90 Å². The fourth-order valence-corrected chi connectivity index (χ4v) is 2.98. The van der Waals surface area contributed by atoms with Crippen LogP contribution in [-0.2, 0) is 0 Å². The molecule has 0 aliphatic rings. The number of carbonyl (C=O) groups is 1. The van der Waals surface area contributed by atoms with E-state index in [-0.39, 0.29) is 5.56 Å². The van der Waals surface area contributed by atoms with Crippen LogP contribution in [0.4, 0.5) is 11.4 Å². The van der Waals surface area contributed by atoms with Crippen LogP contribution < -0.4 is 4.90 Å². The Labute approximate surface area is 159 Å². The van der Waals surface area contributed by atoms with Gasteiger partial charge in [-0.3, -0.25) is 4.99 Å². The summed E-state index contributed by atoms with van der Waals surface area (Å²) in [4.78, 5) is 17.9. The smallest absolute Gasteiger partial charge is 0.335 e. The molecule has 0 saturated heterocycles. The van der Waals surface area contributed by atoms with Gasteiger partial charge in [0, 0.05) is 30.7 Å². The summed E-state index contributed by atoms with van der Waals surface area (Å²) in [6, 6.07) is 18.9. The van der Waals surface area contributed by atoms with E-state index in [9.17, 15) is 4.79 Å². The first-order chi connectivity index (χ1) is 13.1. The van der Waals surface area contributed by atoms with Gasteiger partial charge in [0.1, 0.15) is 0 Å². The van der Waals surface area contributed by atoms with Crippen LogP contribution in [0.5, 0.6) is 0 Å². The molecule has 0 saturated carbocycles. The molecule has 0 aliphatic carbocycles. The predicted molar refractivity (Wildman–Crippen MR) is 110 cm³/mol. The summed E-state index contributed by atoms with van der Waals surface area (Å²) in [6.07, 6.45) is 3.75. The maximum atomic E-state index is 11.0. The van der Waals surface area contributed by atoms with Gasteiger partial charge in [0.05, 0.1) is 23.2 Å². The zero-order chi connectivity index (χ0) is 19.2. The molecule has 1 heterocycles. The van der Waals surface area contributed by atoms with Gasteiger partial charge in [-0.1, -0.05) is 0 Å². The highest BCUT2D eigenvalue weighted by Crippen LogP contribution is 2.20. The van der Waals surface area contributed by atoms with Crippen LogP contribution in [0, 0.1) is 0 Å². The highest BCUT2D eigenvalue weighted by atomic mass is 16.4. The summed E-state index contributed by atoms with van der Waals surface area (Å²) in [5, 5.41) is 9.03. The molecule has 0 bridgehead atoms. The van der Waals surface area contributed by atoms with Gasteiger partial charge in [-0.15, -0.1) is 0 Å². The average molecular weight is 361 g/mol. The number of nitrogens with zero attached hydrogens (tertiary/aromatic N) is 3. The Kier molecular flexibility index (Phi) is 5.71. The molecular formula is C22H23N3O2. The van der Waals surface area contributed by atoms with E-state index in [1.807, 2.05) is 41.2 Å². The number of hydrogen-bond acceptors (Lipinski definition) is 3. The molecule has 0 fully saturated rings. The third-order valence-electron chi connectivity index (χ3n) is 4.50. The van der Waals surface area contributed by atoms with Gasteiger partial charge >= 0.3 is 5.97 Å². The van der Waals surface area contributed by atoms with Crippen LogP contribution in [0.15, 0.2) is 71.9 Å². The van der Waals surface area contributed by atoms with E-state index < -0.39 is 5.97 Å². The maximum Gasteiger partial charge on any atom is 0.335 e. The topological polar surface area (TPSA) is 57.8 Å². The quantitative estimate of drug-likeness (QED) is 0.617. The third kappa shape index (κ3) is 4.26. The van der Waals surface area contributed by atoms with Gasteiger partial charge in [-0.25, -0.2) is 4.79 Å². The predicted octanol–water partition coefficient (Wildman–Crippen LogP) is 4.77. The van der Waals surface area contributed by atoms with Gasteiger partial charge in [0.25, 0.3) is 0 Å². The summed E-state index contributed by atoms with van der Waals surface area (Å²) in [5.74, 6) is -0.927. The molecule has 1 N–H and O–H groups in total. The molecule has 138 valence electrons. The van der Waals surface area contributed by atoms with Crippen molar-refractivity contribution >= 4 is 23.6 Å². The molecular weight excluding hydrogens is 338 g/mol. The molecule has 0 radical (unpaired) electrons. The molecule has 27 heavy (non-hydrogen) atoms. The Morgan fingerprint density at radius 2 is 1.70 bits per heavy atom. The summed E-state index contributed by atoms with van der Waals surface area (Å²) >= 11 is 0. The highest BCUT2D eigenvalue weighted by molar-refractivity contribution is 5.88. The summed E-state index contributed by atoms with van der Waals surface area (Å²) < 4.78 is 1.97. The van der Waals surface area contributed by atoms with Gasteiger partial charge in [-0.05, 0) is 74.5 Å². The lowest BCUT2D eigenvalue weighted by Crippen LogP contribution is -2.21. The van der Waals surface area contributed by atoms with Crippen LogP contribution in [0.1, 0.15) is 29.9 Å². The third-order valence-corrected chi connectivity index (χ3v) is 4.50. The lowest BCUT2D eigenvalue weighted by Gasteiger charge is -2.20. The SMILES string of the molecule is CCN(CC)c1ccc(N=Cc2cccn2-c2ccc(C(=O)O)cc2)cc1. The molecule has 5 heteroatoms. The number of anilines is 1. The molecule has 5 nitrogen and oxygen atoms in total. The highest BCUT2D eigenvalue weighted by Gasteiger charge is 2.05. The van der Waals surface area contributed by atoms with Crippen LogP contribution in [0.25, 0.3) is 5.69 Å².